The van der Waals surface area contributed by atoms with Gasteiger partial charge < -0.3 is 20.3 Å². The van der Waals surface area contributed by atoms with Gasteiger partial charge >= 0.3 is 0 Å². The zero-order valence-corrected chi connectivity index (χ0v) is 25.5. The number of benzene rings is 3. The molecule has 2 amide bonds. The lowest BCUT2D eigenvalue weighted by Crippen LogP contribution is -2.50. The monoisotopic (exact) mass is 615 g/mol. The molecule has 2 N–H and O–H groups in total. The Kier molecular flexibility index (Phi) is 9.91. The first-order valence-corrected chi connectivity index (χ1v) is 14.5. The van der Waals surface area contributed by atoms with Crippen molar-refractivity contribution in [2.45, 2.75) is 36.5 Å². The van der Waals surface area contributed by atoms with Crippen LogP contribution in [0.25, 0.3) is 0 Å². The summed E-state index contributed by atoms with van der Waals surface area (Å²) in [7, 11) is 1.61. The number of nitrogens with zero attached hydrogens (tertiary/aromatic N) is 2. The van der Waals surface area contributed by atoms with Crippen LogP contribution in [-0.2, 0) is 15.6 Å². The lowest BCUT2D eigenvalue weighted by atomic mass is 9.71. The molecule has 1 unspecified atom stereocenters. The first kappa shape index (κ1) is 31.2. The van der Waals surface area contributed by atoms with E-state index >= 15 is 0 Å². The minimum Gasteiger partial charge on any atom is -0.497 e. The Morgan fingerprint density at radius 2 is 1.56 bits per heavy atom. The maximum absolute atomic E-state index is 13.4. The Balaban J connectivity index is 0.00000387. The van der Waals surface area contributed by atoms with E-state index in [-0.39, 0.29) is 29.6 Å². The minimum atomic E-state index is -0.631. The third-order valence-corrected chi connectivity index (χ3v) is 9.66. The van der Waals surface area contributed by atoms with Crippen molar-refractivity contribution in [2.24, 2.45) is 5.73 Å². The molecule has 2 fully saturated rings. The molecular formula is C32H36Cl3N3O3. The molecule has 0 radical (unpaired) electrons. The predicted molar refractivity (Wildman–Crippen MR) is 167 cm³/mol. The van der Waals surface area contributed by atoms with Gasteiger partial charge in [0.25, 0.3) is 5.91 Å². The maximum Gasteiger partial charge on any atom is 0.253 e. The predicted octanol–water partition coefficient (Wildman–Crippen LogP) is 6.12. The number of hydrogen-bond donors (Lipinski definition) is 1. The number of carbonyl (C=O) groups excluding carboxylic acids is 2. The molecule has 218 valence electrons. The van der Waals surface area contributed by atoms with Crippen molar-refractivity contribution < 1.29 is 14.3 Å². The van der Waals surface area contributed by atoms with Crippen LogP contribution >= 0.6 is 35.6 Å². The molecule has 0 aliphatic carbocycles. The Hall–Kier alpha value is -2.77. The van der Waals surface area contributed by atoms with Gasteiger partial charge in [0, 0.05) is 24.1 Å². The number of methoxy groups -OCH3 is 1. The van der Waals surface area contributed by atoms with E-state index in [0.717, 1.165) is 49.4 Å². The summed E-state index contributed by atoms with van der Waals surface area (Å²) >= 11 is 12.7. The van der Waals surface area contributed by atoms with Crippen LogP contribution < -0.4 is 10.5 Å². The standard InChI is InChI=1S/C32H35Cl2N3O3.ClH/c1-40-26-10-7-23(8-11-26)29(38)37-20-14-31(22-37,25-9-12-27(33)28(34)21-25)13-17-36-18-15-32(16-19-36,30(35)39)24-5-3-2-4-6-24;/h2-12,21H,13-20,22H2,1H3,(H2,35,39);1H. The highest BCUT2D eigenvalue weighted by molar-refractivity contribution is 6.42. The number of primary amides is 1. The second-order valence-corrected chi connectivity index (χ2v) is 11.8. The Morgan fingerprint density at radius 1 is 0.878 bits per heavy atom. The highest BCUT2D eigenvalue weighted by Crippen LogP contribution is 2.42. The summed E-state index contributed by atoms with van der Waals surface area (Å²) in [6.07, 6.45) is 3.06. The van der Waals surface area contributed by atoms with Crippen molar-refractivity contribution in [3.63, 3.8) is 0 Å². The van der Waals surface area contributed by atoms with Crippen molar-refractivity contribution in [3.8, 4) is 5.75 Å². The summed E-state index contributed by atoms with van der Waals surface area (Å²) in [5.41, 5.74) is 7.81. The van der Waals surface area contributed by atoms with Crippen molar-refractivity contribution in [1.82, 2.24) is 9.80 Å². The van der Waals surface area contributed by atoms with Gasteiger partial charge in [0.1, 0.15) is 5.75 Å². The average molecular weight is 617 g/mol. The van der Waals surface area contributed by atoms with Crippen molar-refractivity contribution in [1.29, 1.82) is 0 Å². The number of hydrogen-bond acceptors (Lipinski definition) is 4. The van der Waals surface area contributed by atoms with Gasteiger partial charge in [-0.2, -0.15) is 0 Å². The second kappa shape index (κ2) is 13.0. The van der Waals surface area contributed by atoms with Gasteiger partial charge in [-0.25, -0.2) is 0 Å². The van der Waals surface area contributed by atoms with Crippen LogP contribution in [0.5, 0.6) is 5.75 Å². The van der Waals surface area contributed by atoms with E-state index in [4.69, 9.17) is 33.7 Å². The largest absolute Gasteiger partial charge is 0.497 e. The van der Waals surface area contributed by atoms with E-state index in [2.05, 4.69) is 4.90 Å². The zero-order chi connectivity index (χ0) is 28.3. The number of halogens is 3. The van der Waals surface area contributed by atoms with E-state index in [1.165, 1.54) is 0 Å². The second-order valence-electron chi connectivity index (χ2n) is 11.0. The molecule has 3 aromatic rings. The zero-order valence-electron chi connectivity index (χ0n) is 23.2. The van der Waals surface area contributed by atoms with E-state index in [1.54, 1.807) is 7.11 Å². The van der Waals surface area contributed by atoms with Crippen LogP contribution in [0.3, 0.4) is 0 Å². The molecule has 0 bridgehead atoms. The van der Waals surface area contributed by atoms with Gasteiger partial charge in [-0.1, -0.05) is 59.6 Å². The summed E-state index contributed by atoms with van der Waals surface area (Å²) in [4.78, 5) is 30.4. The van der Waals surface area contributed by atoms with Gasteiger partial charge in [0.05, 0.1) is 22.6 Å². The van der Waals surface area contributed by atoms with Crippen LogP contribution in [0.4, 0.5) is 0 Å². The first-order chi connectivity index (χ1) is 19.3. The Morgan fingerprint density at radius 3 is 2.17 bits per heavy atom. The molecule has 0 aromatic heterocycles. The molecule has 0 saturated carbocycles. The quantitative estimate of drug-likeness (QED) is 0.331. The van der Waals surface area contributed by atoms with Crippen molar-refractivity contribution in [2.75, 3.05) is 39.8 Å². The number of amides is 2. The summed E-state index contributed by atoms with van der Waals surface area (Å²) in [5.74, 6) is 0.475. The van der Waals surface area contributed by atoms with E-state index in [9.17, 15) is 9.59 Å². The van der Waals surface area contributed by atoms with E-state index < -0.39 is 5.41 Å². The fourth-order valence-corrected chi connectivity index (χ4v) is 6.64. The molecule has 6 nitrogen and oxygen atoms in total. The molecule has 41 heavy (non-hydrogen) atoms. The fraction of sp³-hybridized carbons (Fsp3) is 0.375. The van der Waals surface area contributed by atoms with Crippen LogP contribution in [0.15, 0.2) is 72.8 Å². The topological polar surface area (TPSA) is 75.9 Å². The minimum absolute atomic E-state index is 0. The highest BCUT2D eigenvalue weighted by Gasteiger charge is 2.44. The summed E-state index contributed by atoms with van der Waals surface area (Å²) in [6.45, 7) is 3.66. The number of ether oxygens (including phenoxy) is 1. The third-order valence-electron chi connectivity index (χ3n) is 8.92. The Labute approximate surface area is 258 Å². The van der Waals surface area contributed by atoms with Crippen LogP contribution in [0.1, 0.15) is 47.2 Å². The molecular weight excluding hydrogens is 581 g/mol. The third kappa shape index (κ3) is 6.36. The average Bonchev–Trinajstić information content (AvgIpc) is 3.43. The summed E-state index contributed by atoms with van der Waals surface area (Å²) < 4.78 is 5.25. The number of carbonyl (C=O) groups is 2. The van der Waals surface area contributed by atoms with E-state index in [1.807, 2.05) is 77.7 Å². The van der Waals surface area contributed by atoms with Gasteiger partial charge in [-0.3, -0.25) is 9.59 Å². The SMILES string of the molecule is COc1ccc(C(=O)N2CCC(CCN3CCC(C(N)=O)(c4ccccc4)CC3)(c3ccc(Cl)c(Cl)c3)C2)cc1.Cl. The molecule has 2 aliphatic rings. The lowest BCUT2D eigenvalue weighted by molar-refractivity contribution is -0.125. The molecule has 5 rings (SSSR count). The first-order valence-electron chi connectivity index (χ1n) is 13.7. The molecule has 9 heteroatoms. The van der Waals surface area contributed by atoms with E-state index in [0.29, 0.717) is 41.5 Å². The molecule has 1 atom stereocenters. The van der Waals surface area contributed by atoms with Crippen molar-refractivity contribution >= 4 is 47.4 Å². The molecule has 3 aromatic carbocycles. The lowest BCUT2D eigenvalue weighted by Gasteiger charge is -2.41. The smallest absolute Gasteiger partial charge is 0.253 e. The normalized spacial score (nSPS) is 20.3. The summed E-state index contributed by atoms with van der Waals surface area (Å²) in [5, 5.41) is 1.04. The molecule has 2 heterocycles. The van der Waals surface area contributed by atoms with Crippen molar-refractivity contribution in [3.05, 3.63) is 99.5 Å². The number of nitrogens with two attached hydrogens (primary N) is 1. The van der Waals surface area contributed by atoms with Crippen LogP contribution in [0, 0.1) is 0 Å². The van der Waals surface area contributed by atoms with Gasteiger partial charge in [-0.15, -0.1) is 12.4 Å². The summed E-state index contributed by atoms with van der Waals surface area (Å²) in [6, 6.07) is 23.0. The molecule has 2 saturated heterocycles. The number of likely N-dealkylation sites (tertiary alicyclic amines) is 2. The maximum atomic E-state index is 13.4. The molecule has 0 spiro atoms. The fourth-order valence-electron chi connectivity index (χ4n) is 6.34. The van der Waals surface area contributed by atoms with Gasteiger partial charge in [0.15, 0.2) is 0 Å². The Bertz CT molecular complexity index is 1360. The van der Waals surface area contributed by atoms with Crippen LogP contribution in [0.2, 0.25) is 10.0 Å². The molecule has 2 aliphatic heterocycles. The van der Waals surface area contributed by atoms with Gasteiger partial charge in [-0.05, 0) is 92.8 Å². The number of rotatable bonds is 8. The van der Waals surface area contributed by atoms with Gasteiger partial charge in [0.2, 0.25) is 5.91 Å². The highest BCUT2D eigenvalue weighted by atomic mass is 35.5. The number of piperidine rings is 1. The van der Waals surface area contributed by atoms with Crippen LogP contribution in [-0.4, -0.2) is 61.4 Å².